The number of rotatable bonds is 4. The van der Waals surface area contributed by atoms with Gasteiger partial charge in [-0.3, -0.25) is 0 Å². The first-order valence-corrected chi connectivity index (χ1v) is 7.96. The minimum atomic E-state index is -0.522. The van der Waals surface area contributed by atoms with E-state index in [4.69, 9.17) is 10.5 Å². The lowest BCUT2D eigenvalue weighted by Gasteiger charge is -2.22. The molecule has 4 heteroatoms. The molecule has 0 radical (unpaired) electrons. The number of benzene rings is 2. The maximum Gasteiger partial charge on any atom is 0.0991 e. The van der Waals surface area contributed by atoms with Crippen molar-refractivity contribution in [3.63, 3.8) is 0 Å². The highest BCUT2D eigenvalue weighted by Gasteiger charge is 2.22. The number of aliphatic hydroxyl groups is 1. The molecule has 1 unspecified atom stereocenters. The molecule has 0 aliphatic carbocycles. The van der Waals surface area contributed by atoms with E-state index in [0.717, 1.165) is 11.1 Å². The van der Waals surface area contributed by atoms with E-state index in [2.05, 4.69) is 34.7 Å². The highest BCUT2D eigenvalue weighted by molar-refractivity contribution is 14.1. The molecule has 0 fully saturated rings. The normalized spacial score (nSPS) is 11.7. The Morgan fingerprint density at radius 3 is 1.52 bits per heavy atom. The summed E-state index contributed by atoms with van der Waals surface area (Å²) in [5.41, 5.74) is 3.12. The molecule has 0 spiro atoms. The molecule has 2 rings (SSSR count). The summed E-state index contributed by atoms with van der Waals surface area (Å²) in [5, 5.41) is 28.1. The van der Waals surface area contributed by atoms with E-state index in [0.29, 0.717) is 15.6 Å². The van der Waals surface area contributed by atoms with E-state index in [-0.39, 0.29) is 5.92 Å². The Bertz CT molecular complexity index is 623. The van der Waals surface area contributed by atoms with Crippen molar-refractivity contribution in [2.24, 2.45) is 0 Å². The number of hydrogen-bond donors (Lipinski definition) is 1. The van der Waals surface area contributed by atoms with E-state index >= 15 is 0 Å². The largest absolute Gasteiger partial charge is 0.391 e. The van der Waals surface area contributed by atoms with E-state index in [1.54, 1.807) is 24.3 Å². The molecule has 0 saturated carbocycles. The van der Waals surface area contributed by atoms with Crippen LogP contribution in [0, 0.1) is 22.7 Å². The fourth-order valence-corrected chi connectivity index (χ4v) is 2.76. The molecule has 2 aromatic rings. The number of hydrogen-bond acceptors (Lipinski definition) is 3. The molecule has 2 aromatic carbocycles. The molecule has 3 nitrogen and oxygen atoms in total. The van der Waals surface area contributed by atoms with Crippen molar-refractivity contribution in [2.45, 2.75) is 12.0 Å². The Morgan fingerprint density at radius 2 is 1.24 bits per heavy atom. The fourth-order valence-electron chi connectivity index (χ4n) is 2.26. The maximum atomic E-state index is 10.3. The number of nitriles is 2. The van der Waals surface area contributed by atoms with Crippen LogP contribution in [0.5, 0.6) is 0 Å². The Morgan fingerprint density at radius 1 is 0.857 bits per heavy atom. The molecule has 1 N–H and O–H groups in total. The van der Waals surface area contributed by atoms with Crippen LogP contribution in [0.2, 0.25) is 0 Å². The lowest BCUT2D eigenvalue weighted by Crippen LogP contribution is -2.21. The minimum absolute atomic E-state index is 0.164. The van der Waals surface area contributed by atoms with Crippen LogP contribution in [0.4, 0.5) is 0 Å². The van der Waals surface area contributed by atoms with Gasteiger partial charge >= 0.3 is 0 Å². The number of alkyl halides is 1. The second-order valence-corrected chi connectivity index (χ2v) is 5.55. The maximum absolute atomic E-state index is 10.3. The molecule has 21 heavy (non-hydrogen) atoms. The SMILES string of the molecule is N#Cc1ccc(C(c2ccc(C#N)cc2)C(O)CI)cc1. The van der Waals surface area contributed by atoms with Crippen LogP contribution in [-0.2, 0) is 0 Å². The Labute approximate surface area is 137 Å². The molecule has 104 valence electrons. The summed E-state index contributed by atoms with van der Waals surface area (Å²) >= 11 is 2.16. The van der Waals surface area contributed by atoms with Gasteiger partial charge in [0.1, 0.15) is 0 Å². The Balaban J connectivity index is 2.42. The van der Waals surface area contributed by atoms with Gasteiger partial charge in [0.05, 0.1) is 29.4 Å². The summed E-state index contributed by atoms with van der Waals surface area (Å²) in [6.07, 6.45) is -0.522. The zero-order valence-corrected chi connectivity index (χ0v) is 13.4. The molecule has 0 saturated heterocycles. The van der Waals surface area contributed by atoms with Gasteiger partial charge < -0.3 is 5.11 Å². The van der Waals surface area contributed by atoms with Gasteiger partial charge in [0.15, 0.2) is 0 Å². The predicted molar refractivity (Wildman–Crippen MR) is 89.1 cm³/mol. The first kappa shape index (κ1) is 15.5. The molecular formula is C17H13IN2O. The van der Waals surface area contributed by atoms with Gasteiger partial charge in [-0.25, -0.2) is 0 Å². The number of aliphatic hydroxyl groups excluding tert-OH is 1. The first-order chi connectivity index (χ1) is 10.2. The van der Waals surface area contributed by atoms with Crippen molar-refractivity contribution in [3.8, 4) is 12.1 Å². The van der Waals surface area contributed by atoms with E-state index in [1.165, 1.54) is 0 Å². The van der Waals surface area contributed by atoms with Crippen LogP contribution in [0.3, 0.4) is 0 Å². The molecule has 0 bridgehead atoms. The zero-order valence-electron chi connectivity index (χ0n) is 11.2. The third kappa shape index (κ3) is 3.60. The van der Waals surface area contributed by atoms with Crippen molar-refractivity contribution in [1.29, 1.82) is 10.5 Å². The molecule has 0 aliphatic rings. The quantitative estimate of drug-likeness (QED) is 0.645. The van der Waals surface area contributed by atoms with Crippen LogP contribution in [0.25, 0.3) is 0 Å². The lowest BCUT2D eigenvalue weighted by atomic mass is 9.86. The smallest absolute Gasteiger partial charge is 0.0991 e. The average molecular weight is 388 g/mol. The molecule has 0 amide bonds. The zero-order chi connectivity index (χ0) is 15.2. The van der Waals surface area contributed by atoms with E-state index in [9.17, 15) is 5.11 Å². The van der Waals surface area contributed by atoms with Crippen LogP contribution in [0.15, 0.2) is 48.5 Å². The van der Waals surface area contributed by atoms with Gasteiger partial charge in [-0.15, -0.1) is 0 Å². The Kier molecular flexibility index (Phi) is 5.32. The third-order valence-electron chi connectivity index (χ3n) is 3.34. The van der Waals surface area contributed by atoms with Crippen LogP contribution < -0.4 is 0 Å². The average Bonchev–Trinajstić information content (AvgIpc) is 2.56. The van der Waals surface area contributed by atoms with Crippen LogP contribution in [-0.4, -0.2) is 15.6 Å². The lowest BCUT2D eigenvalue weighted by molar-refractivity contribution is 0.184. The van der Waals surface area contributed by atoms with Crippen molar-refractivity contribution >= 4 is 22.6 Å². The Hall–Kier alpha value is -1.89. The summed E-state index contributed by atoms with van der Waals surface area (Å²) in [5.74, 6) is -0.164. The molecule has 0 aliphatic heterocycles. The van der Waals surface area contributed by atoms with Crippen molar-refractivity contribution in [1.82, 2.24) is 0 Å². The standard InChI is InChI=1S/C17H13IN2O/c18-9-16(21)17(14-5-1-12(10-19)2-6-14)15-7-3-13(11-20)4-8-15/h1-8,16-17,21H,9H2. The van der Waals surface area contributed by atoms with Gasteiger partial charge in [0.2, 0.25) is 0 Å². The van der Waals surface area contributed by atoms with Gasteiger partial charge in [-0.2, -0.15) is 10.5 Å². The van der Waals surface area contributed by atoms with Gasteiger partial charge in [-0.05, 0) is 35.4 Å². The van der Waals surface area contributed by atoms with E-state index in [1.807, 2.05) is 24.3 Å². The van der Waals surface area contributed by atoms with Gasteiger partial charge in [0.25, 0.3) is 0 Å². The minimum Gasteiger partial charge on any atom is -0.391 e. The molecule has 0 aromatic heterocycles. The number of halogens is 1. The van der Waals surface area contributed by atoms with Gasteiger partial charge in [-0.1, -0.05) is 46.9 Å². The molecular weight excluding hydrogens is 375 g/mol. The van der Waals surface area contributed by atoms with E-state index < -0.39 is 6.10 Å². The monoisotopic (exact) mass is 388 g/mol. The van der Waals surface area contributed by atoms with Crippen LogP contribution >= 0.6 is 22.6 Å². The summed E-state index contributed by atoms with van der Waals surface area (Å²) in [6, 6.07) is 18.7. The molecule has 1 atom stereocenters. The predicted octanol–water partition coefficient (Wildman–Crippen LogP) is 3.36. The van der Waals surface area contributed by atoms with Gasteiger partial charge in [0, 0.05) is 10.3 Å². The summed E-state index contributed by atoms with van der Waals surface area (Å²) < 4.78 is 0.600. The van der Waals surface area contributed by atoms with Crippen molar-refractivity contribution < 1.29 is 5.11 Å². The summed E-state index contributed by atoms with van der Waals surface area (Å²) in [4.78, 5) is 0. The van der Waals surface area contributed by atoms with Crippen molar-refractivity contribution in [2.75, 3.05) is 4.43 Å². The first-order valence-electron chi connectivity index (χ1n) is 6.43. The second kappa shape index (κ2) is 7.21. The highest BCUT2D eigenvalue weighted by Crippen LogP contribution is 2.29. The van der Waals surface area contributed by atoms with Crippen molar-refractivity contribution in [3.05, 3.63) is 70.8 Å². The summed E-state index contributed by atoms with van der Waals surface area (Å²) in [7, 11) is 0. The third-order valence-corrected chi connectivity index (χ3v) is 4.24. The topological polar surface area (TPSA) is 67.8 Å². The number of nitrogens with zero attached hydrogens (tertiary/aromatic N) is 2. The second-order valence-electron chi connectivity index (χ2n) is 4.67. The molecule has 0 heterocycles. The summed E-state index contributed by atoms with van der Waals surface area (Å²) in [6.45, 7) is 0. The fraction of sp³-hybridized carbons (Fsp3) is 0.176. The highest BCUT2D eigenvalue weighted by atomic mass is 127. The van der Waals surface area contributed by atoms with Crippen LogP contribution in [0.1, 0.15) is 28.2 Å².